The Hall–Kier alpha value is -1.59. The molecule has 1 aromatic carbocycles. The van der Waals surface area contributed by atoms with Gasteiger partial charge in [0.15, 0.2) is 0 Å². The first-order chi connectivity index (χ1) is 7.30. The van der Waals surface area contributed by atoms with Crippen LogP contribution in [0.5, 0.6) is 0 Å². The Balaban J connectivity index is 3.01. The lowest BCUT2D eigenvalue weighted by Gasteiger charge is -2.18. The van der Waals surface area contributed by atoms with Crippen LogP contribution < -0.4 is 0 Å². The minimum Gasteiger partial charge on any atom is -0.481 e. The molecule has 0 bridgehead atoms. The maximum atomic E-state index is 12.5. The van der Waals surface area contributed by atoms with Crippen LogP contribution >= 0.6 is 0 Å². The molecule has 1 unspecified atom stereocenters. The van der Waals surface area contributed by atoms with E-state index in [1.54, 1.807) is 0 Å². The van der Waals surface area contributed by atoms with E-state index in [4.69, 9.17) is 5.11 Å². The van der Waals surface area contributed by atoms with Crippen LogP contribution in [-0.4, -0.2) is 17.3 Å². The zero-order valence-electron chi connectivity index (χ0n) is 7.96. The van der Waals surface area contributed by atoms with Gasteiger partial charge in [-0.1, -0.05) is 12.1 Å². The van der Waals surface area contributed by atoms with Crippen molar-refractivity contribution >= 4 is 5.97 Å². The Morgan fingerprint density at radius 3 is 2.12 bits per heavy atom. The lowest BCUT2D eigenvalue weighted by Crippen LogP contribution is -2.23. The summed E-state index contributed by atoms with van der Waals surface area (Å²) in [5.41, 5.74) is -0.253. The van der Waals surface area contributed by atoms with Crippen molar-refractivity contribution in [3.63, 3.8) is 0 Å². The first kappa shape index (κ1) is 12.5. The van der Waals surface area contributed by atoms with Crippen LogP contribution in [-0.2, 0) is 4.79 Å². The molecule has 1 rings (SSSR count). The highest BCUT2D eigenvalue weighted by molar-refractivity contribution is 5.68. The molecule has 88 valence electrons. The summed E-state index contributed by atoms with van der Waals surface area (Å²) in [5, 5.41) is 8.39. The average Bonchev–Trinajstić information content (AvgIpc) is 2.14. The predicted octanol–water partition coefficient (Wildman–Crippen LogP) is 2.95. The van der Waals surface area contributed by atoms with E-state index in [-0.39, 0.29) is 5.56 Å². The standard InChI is InChI=1S/C10H8F4O2/c11-7-3-1-6(2-4-7)8(5-9(15)16)10(12,13)14/h1-4,8H,5H2,(H,15,16). The first-order valence-electron chi connectivity index (χ1n) is 4.34. The third kappa shape index (κ3) is 3.22. The molecule has 1 atom stereocenters. The number of hydrogen-bond donors (Lipinski definition) is 1. The van der Waals surface area contributed by atoms with Crippen LogP contribution in [0.15, 0.2) is 24.3 Å². The minimum absolute atomic E-state index is 0.253. The molecule has 0 fully saturated rings. The van der Waals surface area contributed by atoms with Crippen LogP contribution in [0.4, 0.5) is 17.6 Å². The topological polar surface area (TPSA) is 37.3 Å². The molecule has 0 saturated heterocycles. The van der Waals surface area contributed by atoms with Gasteiger partial charge in [0.25, 0.3) is 0 Å². The van der Waals surface area contributed by atoms with E-state index in [0.717, 1.165) is 24.3 Å². The van der Waals surface area contributed by atoms with Gasteiger partial charge in [0.05, 0.1) is 12.3 Å². The second kappa shape index (κ2) is 4.51. The van der Waals surface area contributed by atoms with Crippen LogP contribution in [0.25, 0.3) is 0 Å². The number of alkyl halides is 3. The number of benzene rings is 1. The van der Waals surface area contributed by atoms with E-state index in [9.17, 15) is 22.4 Å². The molecule has 2 nitrogen and oxygen atoms in total. The summed E-state index contributed by atoms with van der Waals surface area (Å²) < 4.78 is 50.0. The van der Waals surface area contributed by atoms with Crippen LogP contribution in [0, 0.1) is 5.82 Å². The van der Waals surface area contributed by atoms with E-state index in [1.807, 2.05) is 0 Å². The maximum Gasteiger partial charge on any atom is 0.396 e. The summed E-state index contributed by atoms with van der Waals surface area (Å²) in [4.78, 5) is 10.3. The van der Waals surface area contributed by atoms with Crippen molar-refractivity contribution in [1.82, 2.24) is 0 Å². The first-order valence-corrected chi connectivity index (χ1v) is 4.34. The fourth-order valence-corrected chi connectivity index (χ4v) is 1.29. The zero-order chi connectivity index (χ0) is 12.3. The summed E-state index contributed by atoms with van der Waals surface area (Å²) in [6.07, 6.45) is -5.72. The van der Waals surface area contributed by atoms with Crippen molar-refractivity contribution in [3.05, 3.63) is 35.6 Å². The maximum absolute atomic E-state index is 12.5. The fourth-order valence-electron chi connectivity index (χ4n) is 1.29. The Morgan fingerprint density at radius 1 is 1.25 bits per heavy atom. The Morgan fingerprint density at radius 2 is 1.75 bits per heavy atom. The van der Waals surface area contributed by atoms with Crippen molar-refractivity contribution in [2.45, 2.75) is 18.5 Å². The largest absolute Gasteiger partial charge is 0.481 e. The number of rotatable bonds is 3. The van der Waals surface area contributed by atoms with Gasteiger partial charge in [-0.3, -0.25) is 4.79 Å². The van der Waals surface area contributed by atoms with Gasteiger partial charge in [0.1, 0.15) is 5.82 Å². The van der Waals surface area contributed by atoms with Crippen molar-refractivity contribution < 1.29 is 27.5 Å². The number of carbonyl (C=O) groups is 1. The molecule has 0 aromatic heterocycles. The second-order valence-corrected chi connectivity index (χ2v) is 3.24. The fraction of sp³-hybridized carbons (Fsp3) is 0.300. The second-order valence-electron chi connectivity index (χ2n) is 3.24. The third-order valence-electron chi connectivity index (χ3n) is 2.05. The molecular weight excluding hydrogens is 228 g/mol. The molecule has 0 saturated carbocycles. The molecule has 0 radical (unpaired) electrons. The van der Waals surface area contributed by atoms with E-state index in [0.29, 0.717) is 0 Å². The monoisotopic (exact) mass is 236 g/mol. The molecular formula is C10H8F4O2. The highest BCUT2D eigenvalue weighted by Gasteiger charge is 2.41. The predicted molar refractivity (Wildman–Crippen MR) is 47.4 cm³/mol. The molecule has 16 heavy (non-hydrogen) atoms. The summed E-state index contributed by atoms with van der Waals surface area (Å²) >= 11 is 0. The third-order valence-corrected chi connectivity index (χ3v) is 2.05. The van der Waals surface area contributed by atoms with Gasteiger partial charge in [0.2, 0.25) is 0 Å². The molecule has 0 amide bonds. The van der Waals surface area contributed by atoms with Crippen LogP contribution in [0.2, 0.25) is 0 Å². The number of hydrogen-bond acceptors (Lipinski definition) is 1. The normalized spacial score (nSPS) is 13.5. The molecule has 6 heteroatoms. The van der Waals surface area contributed by atoms with Gasteiger partial charge in [0, 0.05) is 0 Å². The number of carboxylic acids is 1. The SMILES string of the molecule is O=C(O)CC(c1ccc(F)cc1)C(F)(F)F. The van der Waals surface area contributed by atoms with Gasteiger partial charge in [-0.05, 0) is 17.7 Å². The highest BCUT2D eigenvalue weighted by atomic mass is 19.4. The van der Waals surface area contributed by atoms with Crippen molar-refractivity contribution in [2.75, 3.05) is 0 Å². The molecule has 0 spiro atoms. The number of carboxylic acid groups (broad SMARTS) is 1. The van der Waals surface area contributed by atoms with Gasteiger partial charge in [-0.15, -0.1) is 0 Å². The molecule has 0 aliphatic rings. The highest BCUT2D eigenvalue weighted by Crippen LogP contribution is 2.37. The van der Waals surface area contributed by atoms with E-state index in [1.165, 1.54) is 0 Å². The summed E-state index contributed by atoms with van der Waals surface area (Å²) in [6, 6.07) is 3.62. The molecule has 0 aliphatic carbocycles. The Bertz CT molecular complexity index is 369. The zero-order valence-corrected chi connectivity index (χ0v) is 7.96. The van der Waals surface area contributed by atoms with E-state index in [2.05, 4.69) is 0 Å². The lowest BCUT2D eigenvalue weighted by molar-refractivity contribution is -0.163. The molecule has 0 aliphatic heterocycles. The number of aliphatic carboxylic acids is 1. The summed E-state index contributed by atoms with van der Waals surface area (Å²) in [6.45, 7) is 0. The van der Waals surface area contributed by atoms with Crippen molar-refractivity contribution in [2.24, 2.45) is 0 Å². The van der Waals surface area contributed by atoms with Gasteiger partial charge in [-0.2, -0.15) is 13.2 Å². The quantitative estimate of drug-likeness (QED) is 0.819. The number of halogens is 4. The molecule has 1 aromatic rings. The van der Waals surface area contributed by atoms with Crippen molar-refractivity contribution in [3.8, 4) is 0 Å². The molecule has 0 heterocycles. The summed E-state index contributed by atoms with van der Waals surface area (Å²) in [5.74, 6) is -4.32. The van der Waals surface area contributed by atoms with Gasteiger partial charge in [-0.25, -0.2) is 4.39 Å². The smallest absolute Gasteiger partial charge is 0.396 e. The van der Waals surface area contributed by atoms with E-state index >= 15 is 0 Å². The van der Waals surface area contributed by atoms with Crippen LogP contribution in [0.1, 0.15) is 17.9 Å². The Labute approximate surface area is 88.5 Å². The Kier molecular flexibility index (Phi) is 3.51. The van der Waals surface area contributed by atoms with Crippen molar-refractivity contribution in [1.29, 1.82) is 0 Å². The van der Waals surface area contributed by atoms with Gasteiger partial charge >= 0.3 is 12.1 Å². The lowest BCUT2D eigenvalue weighted by atomic mass is 9.95. The average molecular weight is 236 g/mol. The van der Waals surface area contributed by atoms with E-state index < -0.39 is 30.3 Å². The van der Waals surface area contributed by atoms with Gasteiger partial charge < -0.3 is 5.11 Å². The van der Waals surface area contributed by atoms with Crippen LogP contribution in [0.3, 0.4) is 0 Å². The summed E-state index contributed by atoms with van der Waals surface area (Å²) in [7, 11) is 0. The minimum atomic E-state index is -4.66. The molecule has 1 N–H and O–H groups in total.